The lowest BCUT2D eigenvalue weighted by Crippen LogP contribution is -1.95. The standard InChI is InChI=1S/C8H15ClO/c1-3-4-5-6-10-7-8(2)9/h2-7H2,1H3. The first-order valence-corrected chi connectivity index (χ1v) is 4.06. The Bertz CT molecular complexity index is 91.3. The van der Waals surface area contributed by atoms with E-state index in [0.717, 1.165) is 13.0 Å². The van der Waals surface area contributed by atoms with Crippen LogP contribution in [0, 0.1) is 0 Å². The summed E-state index contributed by atoms with van der Waals surface area (Å²) in [4.78, 5) is 0. The Morgan fingerprint density at radius 2 is 2.20 bits per heavy atom. The van der Waals surface area contributed by atoms with E-state index in [1.54, 1.807) is 0 Å². The van der Waals surface area contributed by atoms with Gasteiger partial charge in [0.15, 0.2) is 0 Å². The van der Waals surface area contributed by atoms with Crippen LogP contribution < -0.4 is 0 Å². The molecule has 0 heterocycles. The molecule has 0 aliphatic rings. The van der Waals surface area contributed by atoms with Crippen LogP contribution in [0.2, 0.25) is 0 Å². The second-order valence-corrected chi connectivity index (χ2v) is 2.81. The summed E-state index contributed by atoms with van der Waals surface area (Å²) in [5, 5.41) is 0.580. The molecular formula is C8H15ClO. The second-order valence-electron chi connectivity index (χ2n) is 2.28. The van der Waals surface area contributed by atoms with Gasteiger partial charge in [0.25, 0.3) is 0 Å². The largest absolute Gasteiger partial charge is 0.376 e. The molecule has 0 saturated carbocycles. The van der Waals surface area contributed by atoms with Crippen molar-refractivity contribution in [3.63, 3.8) is 0 Å². The highest BCUT2D eigenvalue weighted by atomic mass is 35.5. The van der Waals surface area contributed by atoms with Gasteiger partial charge in [-0.15, -0.1) is 0 Å². The predicted octanol–water partition coefficient (Wildman–Crippen LogP) is 2.95. The molecule has 0 amide bonds. The average Bonchev–Trinajstić information content (AvgIpc) is 1.87. The minimum atomic E-state index is 0.491. The van der Waals surface area contributed by atoms with Crippen LogP contribution in [0.3, 0.4) is 0 Å². The Kier molecular flexibility index (Phi) is 7.09. The highest BCUT2D eigenvalue weighted by molar-refractivity contribution is 6.29. The zero-order valence-corrected chi connectivity index (χ0v) is 7.28. The van der Waals surface area contributed by atoms with E-state index in [1.807, 2.05) is 0 Å². The monoisotopic (exact) mass is 162 g/mol. The number of halogens is 1. The van der Waals surface area contributed by atoms with Crippen molar-refractivity contribution in [3.05, 3.63) is 11.6 Å². The van der Waals surface area contributed by atoms with Crippen molar-refractivity contribution >= 4 is 11.6 Å². The summed E-state index contributed by atoms with van der Waals surface area (Å²) < 4.78 is 5.17. The van der Waals surface area contributed by atoms with Crippen molar-refractivity contribution in [1.29, 1.82) is 0 Å². The van der Waals surface area contributed by atoms with Gasteiger partial charge >= 0.3 is 0 Å². The van der Waals surface area contributed by atoms with Crippen LogP contribution >= 0.6 is 11.6 Å². The van der Waals surface area contributed by atoms with Gasteiger partial charge in [0, 0.05) is 11.6 Å². The van der Waals surface area contributed by atoms with Crippen molar-refractivity contribution in [1.82, 2.24) is 0 Å². The Balaban J connectivity index is 2.84. The van der Waals surface area contributed by atoms with Gasteiger partial charge in [0.2, 0.25) is 0 Å². The summed E-state index contributed by atoms with van der Waals surface area (Å²) in [6, 6.07) is 0. The van der Waals surface area contributed by atoms with Gasteiger partial charge < -0.3 is 4.74 Å². The molecule has 0 fully saturated rings. The first-order chi connectivity index (χ1) is 4.77. The van der Waals surface area contributed by atoms with Crippen LogP contribution in [-0.2, 0) is 4.74 Å². The topological polar surface area (TPSA) is 9.23 Å². The molecule has 0 N–H and O–H groups in total. The number of ether oxygens (including phenoxy) is 1. The van der Waals surface area contributed by atoms with Crippen LogP contribution in [0.4, 0.5) is 0 Å². The summed E-state index contributed by atoms with van der Waals surface area (Å²) in [5.41, 5.74) is 0. The molecule has 0 aliphatic heterocycles. The first-order valence-electron chi connectivity index (χ1n) is 3.68. The summed E-state index contributed by atoms with van der Waals surface area (Å²) in [6.45, 7) is 6.98. The molecule has 1 nitrogen and oxygen atoms in total. The molecule has 0 spiro atoms. The minimum absolute atomic E-state index is 0.491. The Labute approximate surface area is 68.0 Å². The van der Waals surface area contributed by atoms with E-state index in [9.17, 15) is 0 Å². The predicted molar refractivity (Wildman–Crippen MR) is 45.3 cm³/mol. The Morgan fingerprint density at radius 1 is 1.50 bits per heavy atom. The molecule has 0 aromatic rings. The zero-order chi connectivity index (χ0) is 7.82. The number of hydrogen-bond acceptors (Lipinski definition) is 1. The molecule has 0 bridgehead atoms. The lowest BCUT2D eigenvalue weighted by atomic mass is 10.3. The molecule has 0 aromatic carbocycles. The van der Waals surface area contributed by atoms with Gasteiger partial charge in [0.05, 0.1) is 6.61 Å². The van der Waals surface area contributed by atoms with Gasteiger partial charge in [0.1, 0.15) is 0 Å². The van der Waals surface area contributed by atoms with E-state index in [0.29, 0.717) is 11.6 Å². The Hall–Kier alpha value is -0.0100. The summed E-state index contributed by atoms with van der Waals surface area (Å²) >= 11 is 5.47. The van der Waals surface area contributed by atoms with E-state index in [4.69, 9.17) is 16.3 Å². The highest BCUT2D eigenvalue weighted by Crippen LogP contribution is 1.99. The average molecular weight is 163 g/mol. The van der Waals surface area contributed by atoms with Gasteiger partial charge in [-0.2, -0.15) is 0 Å². The number of unbranched alkanes of at least 4 members (excludes halogenated alkanes) is 2. The lowest BCUT2D eigenvalue weighted by molar-refractivity contribution is 0.155. The van der Waals surface area contributed by atoms with Crippen molar-refractivity contribution in [2.75, 3.05) is 13.2 Å². The molecule has 0 saturated heterocycles. The third-order valence-corrected chi connectivity index (χ3v) is 1.26. The zero-order valence-electron chi connectivity index (χ0n) is 6.53. The van der Waals surface area contributed by atoms with Gasteiger partial charge in [-0.3, -0.25) is 0 Å². The summed E-state index contributed by atoms with van der Waals surface area (Å²) in [7, 11) is 0. The van der Waals surface area contributed by atoms with Crippen LogP contribution in [0.15, 0.2) is 11.6 Å². The van der Waals surface area contributed by atoms with E-state index in [2.05, 4.69) is 13.5 Å². The minimum Gasteiger partial charge on any atom is -0.376 e. The van der Waals surface area contributed by atoms with Crippen LogP contribution in [0.5, 0.6) is 0 Å². The van der Waals surface area contributed by atoms with E-state index >= 15 is 0 Å². The number of rotatable bonds is 6. The lowest BCUT2D eigenvalue weighted by Gasteiger charge is -2.00. The fourth-order valence-corrected chi connectivity index (χ4v) is 0.714. The van der Waals surface area contributed by atoms with Crippen LogP contribution in [-0.4, -0.2) is 13.2 Å². The van der Waals surface area contributed by atoms with Gasteiger partial charge in [-0.05, 0) is 6.42 Å². The maximum Gasteiger partial charge on any atom is 0.0817 e. The second kappa shape index (κ2) is 7.10. The Morgan fingerprint density at radius 3 is 2.70 bits per heavy atom. The normalized spacial score (nSPS) is 9.80. The summed E-state index contributed by atoms with van der Waals surface area (Å²) in [6.07, 6.45) is 3.58. The third kappa shape index (κ3) is 7.99. The SMILES string of the molecule is C=C(Cl)COCCCCC. The molecule has 0 aromatic heterocycles. The molecule has 0 rings (SSSR count). The smallest absolute Gasteiger partial charge is 0.0817 e. The molecule has 0 radical (unpaired) electrons. The highest BCUT2D eigenvalue weighted by Gasteiger charge is 1.88. The van der Waals surface area contributed by atoms with Crippen LogP contribution in [0.25, 0.3) is 0 Å². The fourth-order valence-electron chi connectivity index (χ4n) is 0.637. The maximum absolute atomic E-state index is 5.47. The van der Waals surface area contributed by atoms with E-state index in [1.165, 1.54) is 12.8 Å². The fraction of sp³-hybridized carbons (Fsp3) is 0.750. The maximum atomic E-state index is 5.47. The summed E-state index contributed by atoms with van der Waals surface area (Å²) in [5.74, 6) is 0. The quantitative estimate of drug-likeness (QED) is 0.546. The molecule has 0 unspecified atom stereocenters. The van der Waals surface area contributed by atoms with Crippen molar-refractivity contribution in [2.24, 2.45) is 0 Å². The number of hydrogen-bond donors (Lipinski definition) is 0. The van der Waals surface area contributed by atoms with Crippen molar-refractivity contribution < 1.29 is 4.74 Å². The molecule has 0 atom stereocenters. The van der Waals surface area contributed by atoms with Crippen molar-refractivity contribution in [2.45, 2.75) is 26.2 Å². The third-order valence-electron chi connectivity index (χ3n) is 1.15. The van der Waals surface area contributed by atoms with Gasteiger partial charge in [-0.25, -0.2) is 0 Å². The molecule has 60 valence electrons. The van der Waals surface area contributed by atoms with Crippen molar-refractivity contribution in [3.8, 4) is 0 Å². The van der Waals surface area contributed by atoms with Gasteiger partial charge in [-0.1, -0.05) is 37.9 Å². The van der Waals surface area contributed by atoms with Crippen LogP contribution in [0.1, 0.15) is 26.2 Å². The molecule has 0 aliphatic carbocycles. The molecule has 10 heavy (non-hydrogen) atoms. The van der Waals surface area contributed by atoms with E-state index < -0.39 is 0 Å². The van der Waals surface area contributed by atoms with E-state index in [-0.39, 0.29) is 0 Å². The first kappa shape index (κ1) is 9.99. The molecular weight excluding hydrogens is 148 g/mol. The molecule has 2 heteroatoms.